The first-order chi connectivity index (χ1) is 14.7. The Morgan fingerprint density at radius 2 is 1.97 bits per heavy atom. The minimum absolute atomic E-state index is 0.146. The van der Waals surface area contributed by atoms with Gasteiger partial charge in [-0.3, -0.25) is 0 Å². The van der Waals surface area contributed by atoms with Gasteiger partial charge in [-0.25, -0.2) is 0 Å². The van der Waals surface area contributed by atoms with Crippen LogP contribution < -0.4 is 0 Å². The maximum absolute atomic E-state index is 12.4. The Morgan fingerprint density at radius 1 is 1.19 bits per heavy atom. The Labute approximate surface area is 184 Å². The normalized spacial score (nSPS) is 43.6. The molecule has 0 saturated heterocycles. The second-order valence-corrected chi connectivity index (χ2v) is 10.9. The number of para-hydroxylation sites is 1. The molecule has 3 aliphatic carbocycles. The molecule has 0 spiro atoms. The first kappa shape index (κ1) is 19.8. The number of nitrogens with one attached hydrogen (secondary N) is 1. The van der Waals surface area contributed by atoms with Crippen LogP contribution in [-0.2, 0) is 16.6 Å². The molecule has 2 fully saturated rings. The summed E-state index contributed by atoms with van der Waals surface area (Å²) >= 11 is 0. The van der Waals surface area contributed by atoms with E-state index in [-0.39, 0.29) is 23.0 Å². The van der Waals surface area contributed by atoms with Crippen LogP contribution in [0.2, 0.25) is 0 Å². The lowest BCUT2D eigenvalue weighted by molar-refractivity contribution is -0.185. The van der Waals surface area contributed by atoms with Gasteiger partial charge in [0.15, 0.2) is 0 Å². The van der Waals surface area contributed by atoms with Gasteiger partial charge in [-0.1, -0.05) is 38.6 Å². The molecule has 0 bridgehead atoms. The molecule has 1 aromatic carbocycles. The summed E-state index contributed by atoms with van der Waals surface area (Å²) in [5, 5.41) is 24.5. The second-order valence-electron chi connectivity index (χ2n) is 10.9. The van der Waals surface area contributed by atoms with Crippen molar-refractivity contribution < 1.29 is 14.9 Å². The van der Waals surface area contributed by atoms with Gasteiger partial charge in [0.1, 0.15) is 12.2 Å². The van der Waals surface area contributed by atoms with Gasteiger partial charge in [0.25, 0.3) is 0 Å². The van der Waals surface area contributed by atoms with Crippen molar-refractivity contribution in [3.63, 3.8) is 0 Å². The average Bonchev–Trinajstić information content (AvgIpc) is 3.24. The van der Waals surface area contributed by atoms with Gasteiger partial charge in [0.05, 0.1) is 11.7 Å². The third-order valence-corrected chi connectivity index (χ3v) is 9.70. The lowest BCUT2D eigenvalue weighted by Gasteiger charge is -2.65. The van der Waals surface area contributed by atoms with Crippen molar-refractivity contribution in [3.8, 4) is 0 Å². The maximum atomic E-state index is 12.4. The summed E-state index contributed by atoms with van der Waals surface area (Å²) in [5.41, 5.74) is 4.20. The first-order valence-corrected chi connectivity index (χ1v) is 11.7. The van der Waals surface area contributed by atoms with E-state index in [9.17, 15) is 10.2 Å². The minimum atomic E-state index is -0.985. The molecule has 2 heterocycles. The van der Waals surface area contributed by atoms with Gasteiger partial charge < -0.3 is 19.9 Å². The number of aromatic amines is 1. The van der Waals surface area contributed by atoms with Crippen LogP contribution in [0.25, 0.3) is 10.9 Å². The minimum Gasteiger partial charge on any atom is -0.386 e. The molecule has 31 heavy (non-hydrogen) atoms. The number of fused-ring (bicyclic) bond motifs is 9. The average molecular weight is 420 g/mol. The lowest BCUT2D eigenvalue weighted by atomic mass is 9.42. The second kappa shape index (κ2) is 6.12. The monoisotopic (exact) mass is 419 g/mol. The van der Waals surface area contributed by atoms with Crippen LogP contribution in [0, 0.1) is 11.3 Å². The Kier molecular flexibility index (Phi) is 3.91. The molecule has 0 amide bonds. The fraction of sp³-hybridized carbons (Fsp3) is 0.556. The first-order valence-electron chi connectivity index (χ1n) is 11.7. The van der Waals surface area contributed by atoms with E-state index in [1.807, 2.05) is 13.0 Å². The lowest BCUT2D eigenvalue weighted by Crippen LogP contribution is -2.67. The van der Waals surface area contributed by atoms with E-state index in [0.29, 0.717) is 5.92 Å². The summed E-state index contributed by atoms with van der Waals surface area (Å²) in [6.07, 6.45) is 5.13. The molecule has 7 atom stereocenters. The molecule has 6 rings (SSSR count). The van der Waals surface area contributed by atoms with Gasteiger partial charge >= 0.3 is 0 Å². The van der Waals surface area contributed by atoms with Crippen molar-refractivity contribution in [3.05, 3.63) is 59.3 Å². The SMILES string of the molecule is C=C(C)[C@H]1O[C@H]2CC[C@@]3(C)[C@@](O)(CC[C@H]4Cc5c([nH]c6ccccc56)[C@@]43C)C2=C[C@H]1O. The van der Waals surface area contributed by atoms with Crippen LogP contribution in [-0.4, -0.2) is 39.1 Å². The van der Waals surface area contributed by atoms with Crippen LogP contribution in [0.1, 0.15) is 57.7 Å². The Morgan fingerprint density at radius 3 is 2.74 bits per heavy atom. The largest absolute Gasteiger partial charge is 0.386 e. The number of rotatable bonds is 1. The molecule has 0 radical (unpaired) electrons. The van der Waals surface area contributed by atoms with Gasteiger partial charge in [-0.15, -0.1) is 0 Å². The van der Waals surface area contributed by atoms with E-state index in [1.54, 1.807) is 0 Å². The third-order valence-electron chi connectivity index (χ3n) is 9.70. The zero-order valence-corrected chi connectivity index (χ0v) is 18.7. The molecular formula is C27H33NO3. The number of H-pyrrole nitrogens is 1. The van der Waals surface area contributed by atoms with Gasteiger partial charge in [0.2, 0.25) is 0 Å². The van der Waals surface area contributed by atoms with Crippen molar-refractivity contribution in [2.75, 3.05) is 0 Å². The molecule has 2 saturated carbocycles. The number of aliphatic hydroxyl groups is 2. The summed E-state index contributed by atoms with van der Waals surface area (Å²) < 4.78 is 6.30. The molecule has 4 heteroatoms. The molecule has 164 valence electrons. The fourth-order valence-corrected chi connectivity index (χ4v) is 7.81. The predicted molar refractivity (Wildman–Crippen MR) is 122 cm³/mol. The Balaban J connectivity index is 1.51. The zero-order valence-electron chi connectivity index (χ0n) is 18.7. The maximum Gasteiger partial charge on any atom is 0.108 e. The highest BCUT2D eigenvalue weighted by molar-refractivity contribution is 5.86. The number of aliphatic hydroxyl groups excluding tert-OH is 1. The number of benzene rings is 1. The molecule has 2 aromatic rings. The Hall–Kier alpha value is -1.88. The highest BCUT2D eigenvalue weighted by Gasteiger charge is 2.69. The van der Waals surface area contributed by atoms with E-state index < -0.39 is 11.7 Å². The Bertz CT molecular complexity index is 1130. The molecule has 1 aromatic heterocycles. The summed E-state index contributed by atoms with van der Waals surface area (Å²) in [4.78, 5) is 3.77. The number of ether oxygens (including phenoxy) is 1. The quantitative estimate of drug-likeness (QED) is 0.594. The summed E-state index contributed by atoms with van der Waals surface area (Å²) in [7, 11) is 0. The molecular weight excluding hydrogens is 386 g/mol. The topological polar surface area (TPSA) is 65.5 Å². The summed E-state index contributed by atoms with van der Waals surface area (Å²) in [6, 6.07) is 8.59. The van der Waals surface area contributed by atoms with Crippen LogP contribution in [0.4, 0.5) is 0 Å². The van der Waals surface area contributed by atoms with Gasteiger partial charge in [0, 0.05) is 27.4 Å². The highest BCUT2D eigenvalue weighted by Crippen LogP contribution is 2.69. The number of aromatic nitrogens is 1. The third kappa shape index (κ3) is 2.21. The molecule has 4 aliphatic rings. The van der Waals surface area contributed by atoms with Crippen molar-refractivity contribution >= 4 is 10.9 Å². The van der Waals surface area contributed by atoms with Crippen LogP contribution in [0.15, 0.2) is 48.1 Å². The number of hydrogen-bond donors (Lipinski definition) is 3. The van der Waals surface area contributed by atoms with Crippen molar-refractivity contribution in [1.82, 2.24) is 4.98 Å². The van der Waals surface area contributed by atoms with E-state index >= 15 is 0 Å². The molecule has 0 unspecified atom stereocenters. The standard InChI is InChI=1S/C27H33NO3/c1-15(2)23-21(29)14-19-22(31-23)10-11-25(3)26(4)16(9-12-27(19,25)30)13-18-17-7-5-6-8-20(17)28-24(18)26/h5-8,14,16,21-23,28-30H,1,9-13H2,2-4H3/t16-,21+,22-,23+,25+,26+,27+/m0/s1. The van der Waals surface area contributed by atoms with Gasteiger partial charge in [-0.2, -0.15) is 0 Å². The van der Waals surface area contributed by atoms with E-state index in [0.717, 1.165) is 43.3 Å². The summed E-state index contributed by atoms with van der Waals surface area (Å²) in [5.74, 6) is 0.512. The predicted octanol–water partition coefficient (Wildman–Crippen LogP) is 4.55. The molecule has 1 aliphatic heterocycles. The van der Waals surface area contributed by atoms with Crippen LogP contribution in [0.5, 0.6) is 0 Å². The van der Waals surface area contributed by atoms with E-state index in [4.69, 9.17) is 4.74 Å². The zero-order chi connectivity index (χ0) is 21.8. The smallest absolute Gasteiger partial charge is 0.108 e. The van der Waals surface area contributed by atoms with Crippen molar-refractivity contribution in [2.24, 2.45) is 11.3 Å². The highest BCUT2D eigenvalue weighted by atomic mass is 16.5. The summed E-state index contributed by atoms with van der Waals surface area (Å²) in [6.45, 7) is 10.6. The van der Waals surface area contributed by atoms with Gasteiger partial charge in [-0.05, 0) is 73.8 Å². The molecule has 4 nitrogen and oxygen atoms in total. The number of hydrogen-bond acceptors (Lipinski definition) is 3. The fourth-order valence-electron chi connectivity index (χ4n) is 7.81. The van der Waals surface area contributed by atoms with Crippen molar-refractivity contribution in [1.29, 1.82) is 0 Å². The van der Waals surface area contributed by atoms with Crippen LogP contribution >= 0.6 is 0 Å². The van der Waals surface area contributed by atoms with Crippen molar-refractivity contribution in [2.45, 2.75) is 82.2 Å². The van der Waals surface area contributed by atoms with Crippen LogP contribution in [0.3, 0.4) is 0 Å². The van der Waals surface area contributed by atoms with E-state index in [1.165, 1.54) is 22.2 Å². The molecule has 3 N–H and O–H groups in total. The van der Waals surface area contributed by atoms with E-state index in [2.05, 4.69) is 49.7 Å².